The summed E-state index contributed by atoms with van der Waals surface area (Å²) < 4.78 is 0. The number of benzene rings is 1. The van der Waals surface area contributed by atoms with Crippen LogP contribution in [0.15, 0.2) is 30.3 Å². The van der Waals surface area contributed by atoms with Crippen molar-refractivity contribution in [3.8, 4) is 0 Å². The van der Waals surface area contributed by atoms with Crippen LogP contribution in [0, 0.1) is 5.92 Å². The molecule has 1 aliphatic heterocycles. The average Bonchev–Trinajstić information content (AvgIpc) is 3.28. The van der Waals surface area contributed by atoms with E-state index in [0.717, 1.165) is 18.5 Å². The zero-order valence-electron chi connectivity index (χ0n) is 17.5. The molecule has 0 unspecified atom stereocenters. The number of nitrogens with zero attached hydrogens (tertiary/aromatic N) is 1. The Labute approximate surface area is 181 Å². The SMILES string of the molecule is CCN(C[C@H](CNC(=O)[C@@H]1CCCN1)C(=O)O)C(=O)N[C@@H](Cc1ccccc1)C(=O)O. The zero-order chi connectivity index (χ0) is 22.8. The molecule has 3 atom stereocenters. The van der Waals surface area contributed by atoms with E-state index in [9.17, 15) is 29.4 Å². The second-order valence-corrected chi connectivity index (χ2v) is 7.50. The van der Waals surface area contributed by atoms with Gasteiger partial charge in [0.25, 0.3) is 0 Å². The van der Waals surface area contributed by atoms with Gasteiger partial charge in [0.1, 0.15) is 6.04 Å². The lowest BCUT2D eigenvalue weighted by Crippen LogP contribution is -2.52. The number of hydrogen-bond donors (Lipinski definition) is 5. The first-order valence-electron chi connectivity index (χ1n) is 10.4. The number of nitrogens with one attached hydrogen (secondary N) is 3. The van der Waals surface area contributed by atoms with E-state index in [1.54, 1.807) is 31.2 Å². The Morgan fingerprint density at radius 2 is 1.87 bits per heavy atom. The molecule has 10 nitrogen and oxygen atoms in total. The van der Waals surface area contributed by atoms with Crippen molar-refractivity contribution in [3.05, 3.63) is 35.9 Å². The molecular formula is C21H30N4O6. The fraction of sp³-hybridized carbons (Fsp3) is 0.524. The molecule has 170 valence electrons. The van der Waals surface area contributed by atoms with E-state index >= 15 is 0 Å². The Balaban J connectivity index is 1.95. The van der Waals surface area contributed by atoms with Crippen molar-refractivity contribution in [2.24, 2.45) is 5.92 Å². The van der Waals surface area contributed by atoms with Gasteiger partial charge in [-0.25, -0.2) is 9.59 Å². The predicted molar refractivity (Wildman–Crippen MR) is 113 cm³/mol. The Kier molecular flexibility index (Phi) is 9.26. The van der Waals surface area contributed by atoms with Crippen molar-refractivity contribution < 1.29 is 29.4 Å². The number of hydrogen-bond acceptors (Lipinski definition) is 5. The van der Waals surface area contributed by atoms with Crippen LogP contribution in [0.3, 0.4) is 0 Å². The molecule has 1 aromatic rings. The third-order valence-corrected chi connectivity index (χ3v) is 5.24. The van der Waals surface area contributed by atoms with Crippen molar-refractivity contribution in [2.45, 2.75) is 38.3 Å². The fourth-order valence-electron chi connectivity index (χ4n) is 3.40. The molecule has 0 spiro atoms. The van der Waals surface area contributed by atoms with Crippen molar-refractivity contribution in [1.29, 1.82) is 0 Å². The second kappa shape index (κ2) is 11.9. The topological polar surface area (TPSA) is 148 Å². The molecule has 31 heavy (non-hydrogen) atoms. The van der Waals surface area contributed by atoms with Gasteiger partial charge in [0.05, 0.1) is 12.0 Å². The van der Waals surface area contributed by atoms with Crippen molar-refractivity contribution >= 4 is 23.9 Å². The van der Waals surface area contributed by atoms with Gasteiger partial charge >= 0.3 is 18.0 Å². The summed E-state index contributed by atoms with van der Waals surface area (Å²) in [4.78, 5) is 49.3. The Morgan fingerprint density at radius 1 is 1.16 bits per heavy atom. The quantitative estimate of drug-likeness (QED) is 0.336. The first kappa shape index (κ1) is 24.1. The number of carbonyl (C=O) groups is 4. The fourth-order valence-corrected chi connectivity index (χ4v) is 3.40. The maximum absolute atomic E-state index is 12.6. The monoisotopic (exact) mass is 434 g/mol. The summed E-state index contributed by atoms with van der Waals surface area (Å²) in [5, 5.41) is 27.1. The number of carboxylic acid groups (broad SMARTS) is 2. The van der Waals surface area contributed by atoms with Gasteiger partial charge in [-0.1, -0.05) is 30.3 Å². The van der Waals surface area contributed by atoms with Crippen LogP contribution in [-0.2, 0) is 20.8 Å². The van der Waals surface area contributed by atoms with Gasteiger partial charge in [0.2, 0.25) is 5.91 Å². The number of rotatable bonds is 11. The van der Waals surface area contributed by atoms with Gasteiger partial charge in [0, 0.05) is 26.1 Å². The molecule has 1 fully saturated rings. The molecule has 0 saturated carbocycles. The Hall–Kier alpha value is -3.14. The summed E-state index contributed by atoms with van der Waals surface area (Å²) in [5.74, 6) is -3.61. The van der Waals surface area contributed by atoms with Gasteiger partial charge < -0.3 is 31.1 Å². The van der Waals surface area contributed by atoms with Crippen molar-refractivity contribution in [1.82, 2.24) is 20.9 Å². The summed E-state index contributed by atoms with van der Waals surface area (Å²) in [7, 11) is 0. The van der Waals surface area contributed by atoms with Crippen LogP contribution in [-0.4, -0.2) is 77.3 Å². The minimum atomic E-state index is -1.18. The molecule has 1 aromatic carbocycles. The van der Waals surface area contributed by atoms with Gasteiger partial charge in [0.15, 0.2) is 0 Å². The first-order valence-corrected chi connectivity index (χ1v) is 10.4. The Bertz CT molecular complexity index is 766. The average molecular weight is 434 g/mol. The van der Waals surface area contributed by atoms with E-state index in [4.69, 9.17) is 0 Å². The highest BCUT2D eigenvalue weighted by Crippen LogP contribution is 2.08. The van der Waals surface area contributed by atoms with E-state index in [1.807, 2.05) is 6.07 Å². The van der Waals surface area contributed by atoms with Gasteiger partial charge in [-0.2, -0.15) is 0 Å². The highest BCUT2D eigenvalue weighted by atomic mass is 16.4. The van der Waals surface area contributed by atoms with E-state index in [2.05, 4.69) is 16.0 Å². The third kappa shape index (κ3) is 7.56. The van der Waals surface area contributed by atoms with E-state index < -0.39 is 29.9 Å². The standard InChI is InChI=1S/C21H30N4O6/c1-2-25(13-15(19(27)28)12-23-18(26)16-9-6-10-22-16)21(31)24-17(20(29)30)11-14-7-4-3-5-8-14/h3-5,7-8,15-17,22H,2,6,9-13H2,1H3,(H,23,26)(H,24,31)(H,27,28)(H,29,30)/t15-,16-,17-/m0/s1. The smallest absolute Gasteiger partial charge is 0.326 e. The largest absolute Gasteiger partial charge is 0.481 e. The highest BCUT2D eigenvalue weighted by Gasteiger charge is 2.28. The summed E-state index contributed by atoms with van der Waals surface area (Å²) in [6, 6.07) is 6.76. The van der Waals surface area contributed by atoms with Crippen LogP contribution in [0.2, 0.25) is 0 Å². The molecule has 0 bridgehead atoms. The minimum Gasteiger partial charge on any atom is -0.481 e. The second-order valence-electron chi connectivity index (χ2n) is 7.50. The lowest BCUT2D eigenvalue weighted by atomic mass is 10.1. The van der Waals surface area contributed by atoms with Gasteiger partial charge in [-0.15, -0.1) is 0 Å². The molecule has 2 rings (SSSR count). The molecule has 0 aromatic heterocycles. The van der Waals surface area contributed by atoms with Crippen LogP contribution in [0.5, 0.6) is 0 Å². The van der Waals surface area contributed by atoms with Crippen LogP contribution < -0.4 is 16.0 Å². The van der Waals surface area contributed by atoms with Crippen LogP contribution in [0.1, 0.15) is 25.3 Å². The molecule has 1 heterocycles. The van der Waals surface area contributed by atoms with Crippen LogP contribution in [0.25, 0.3) is 0 Å². The number of urea groups is 1. The normalized spacial score (nSPS) is 17.4. The molecular weight excluding hydrogens is 404 g/mol. The Morgan fingerprint density at radius 3 is 2.42 bits per heavy atom. The number of carbonyl (C=O) groups excluding carboxylic acids is 2. The summed E-state index contributed by atoms with van der Waals surface area (Å²) in [5.41, 5.74) is 0.755. The van der Waals surface area contributed by atoms with E-state index in [1.165, 1.54) is 4.90 Å². The first-order chi connectivity index (χ1) is 14.8. The number of aliphatic carboxylic acids is 2. The number of carboxylic acids is 2. The van der Waals surface area contributed by atoms with E-state index in [0.29, 0.717) is 6.42 Å². The third-order valence-electron chi connectivity index (χ3n) is 5.24. The molecule has 10 heteroatoms. The highest BCUT2D eigenvalue weighted by molar-refractivity contribution is 5.84. The summed E-state index contributed by atoms with van der Waals surface area (Å²) in [6.07, 6.45) is 1.69. The number of amides is 3. The van der Waals surface area contributed by atoms with Gasteiger partial charge in [-0.05, 0) is 31.9 Å². The molecule has 3 amide bonds. The molecule has 0 aliphatic carbocycles. The van der Waals surface area contributed by atoms with Crippen LogP contribution in [0.4, 0.5) is 4.79 Å². The maximum Gasteiger partial charge on any atom is 0.326 e. The van der Waals surface area contributed by atoms with E-state index in [-0.39, 0.29) is 38.0 Å². The molecule has 5 N–H and O–H groups in total. The van der Waals surface area contributed by atoms with Crippen molar-refractivity contribution in [3.63, 3.8) is 0 Å². The summed E-state index contributed by atoms with van der Waals surface area (Å²) >= 11 is 0. The van der Waals surface area contributed by atoms with Gasteiger partial charge in [-0.3, -0.25) is 9.59 Å². The summed E-state index contributed by atoms with van der Waals surface area (Å²) in [6.45, 7) is 2.33. The van der Waals surface area contributed by atoms with Crippen molar-refractivity contribution in [2.75, 3.05) is 26.2 Å². The molecule has 1 saturated heterocycles. The zero-order valence-corrected chi connectivity index (χ0v) is 17.5. The van der Waals surface area contributed by atoms with Crippen LogP contribution >= 0.6 is 0 Å². The lowest BCUT2D eigenvalue weighted by Gasteiger charge is -2.27. The molecule has 0 radical (unpaired) electrons. The lowest BCUT2D eigenvalue weighted by molar-refractivity contribution is -0.142. The minimum absolute atomic E-state index is 0.103. The maximum atomic E-state index is 12.6. The predicted octanol–water partition coefficient (Wildman–Crippen LogP) is 0.283. The molecule has 1 aliphatic rings.